The molecule has 0 N–H and O–H groups in total. The molecule has 0 unspecified atom stereocenters. The second kappa shape index (κ2) is 59.8. The molecule has 6 heteroatoms. The largest absolute Gasteiger partial charge is 0.462 e. The van der Waals surface area contributed by atoms with Crippen LogP contribution in [0.1, 0.15) is 239 Å². The van der Waals surface area contributed by atoms with E-state index in [4.69, 9.17) is 14.2 Å². The van der Waals surface area contributed by atoms with Gasteiger partial charge in [0.15, 0.2) is 6.10 Å². The predicted molar refractivity (Wildman–Crippen MR) is 315 cm³/mol. The Morgan fingerprint density at radius 2 is 0.534 bits per heavy atom. The van der Waals surface area contributed by atoms with Crippen LogP contribution in [0, 0.1) is 0 Å². The first kappa shape index (κ1) is 68.3. The minimum absolute atomic E-state index is 0.146. The summed E-state index contributed by atoms with van der Waals surface area (Å²) in [5, 5.41) is 0. The van der Waals surface area contributed by atoms with E-state index in [0.717, 1.165) is 83.5 Å². The standard InChI is InChI=1S/C67H106O6/c1-4-7-10-13-16-19-22-25-28-31-33-36-39-42-45-48-51-54-57-60-66(69)72-63-64(62-71-65(68)59-56-53-50-47-44-41-38-35-30-27-24-21-18-15-12-9-6-3)73-67(70)61-58-55-52-49-46-43-40-37-34-32-29-26-23-20-17-14-11-8-5-2/h16-17,19-20,25-30,33-34,36-38,41-43,45-47,50-51,54,64H,4-15,18,21-24,31-32,35,39-40,44,48-49,52-53,55-63H2,1-3H3/b19-16-,20-17-,28-25-,29-26-,30-27-,36-33-,37-34-,41-38-,45-42-,46-43-,50-47-,54-51-/t64-/m0/s1. The van der Waals surface area contributed by atoms with Crippen LogP contribution in [0.15, 0.2) is 146 Å². The Bertz CT molecular complexity index is 1630. The molecule has 0 aliphatic heterocycles. The first-order chi connectivity index (χ1) is 36.0. The minimum Gasteiger partial charge on any atom is -0.462 e. The zero-order valence-electron chi connectivity index (χ0n) is 46.8. The molecule has 0 saturated carbocycles. The smallest absolute Gasteiger partial charge is 0.306 e. The lowest BCUT2D eigenvalue weighted by Gasteiger charge is -2.18. The van der Waals surface area contributed by atoms with Gasteiger partial charge in [-0.2, -0.15) is 0 Å². The molecule has 0 aliphatic rings. The molecule has 0 rings (SSSR count). The molecule has 0 spiro atoms. The molecule has 0 aromatic heterocycles. The van der Waals surface area contributed by atoms with Crippen molar-refractivity contribution in [2.75, 3.05) is 13.2 Å². The number of carbonyl (C=O) groups excluding carboxylic acids is 3. The van der Waals surface area contributed by atoms with Crippen LogP contribution in [-0.2, 0) is 28.6 Å². The molecular weight excluding hydrogens is 901 g/mol. The van der Waals surface area contributed by atoms with Crippen LogP contribution in [0.2, 0.25) is 0 Å². The average molecular weight is 1010 g/mol. The van der Waals surface area contributed by atoms with Gasteiger partial charge in [-0.3, -0.25) is 14.4 Å². The number of allylic oxidation sites excluding steroid dienone is 24. The van der Waals surface area contributed by atoms with Gasteiger partial charge in [0.2, 0.25) is 0 Å². The molecule has 0 radical (unpaired) electrons. The summed E-state index contributed by atoms with van der Waals surface area (Å²) in [7, 11) is 0. The molecule has 0 aliphatic carbocycles. The average Bonchev–Trinajstić information content (AvgIpc) is 3.39. The lowest BCUT2D eigenvalue weighted by molar-refractivity contribution is -0.166. The van der Waals surface area contributed by atoms with E-state index in [2.05, 4.69) is 154 Å². The van der Waals surface area contributed by atoms with Gasteiger partial charge in [-0.05, 0) is 135 Å². The van der Waals surface area contributed by atoms with Crippen molar-refractivity contribution in [2.24, 2.45) is 0 Å². The number of ether oxygens (including phenoxy) is 3. The van der Waals surface area contributed by atoms with Gasteiger partial charge >= 0.3 is 17.9 Å². The Morgan fingerprint density at radius 3 is 0.918 bits per heavy atom. The highest BCUT2D eigenvalue weighted by Crippen LogP contribution is 2.11. The van der Waals surface area contributed by atoms with Gasteiger partial charge in [-0.15, -0.1) is 0 Å². The van der Waals surface area contributed by atoms with Gasteiger partial charge in [0.1, 0.15) is 13.2 Å². The van der Waals surface area contributed by atoms with Crippen LogP contribution in [0.5, 0.6) is 0 Å². The van der Waals surface area contributed by atoms with Crippen molar-refractivity contribution in [1.82, 2.24) is 0 Å². The van der Waals surface area contributed by atoms with Crippen LogP contribution in [0.25, 0.3) is 0 Å². The second-order valence-corrected chi connectivity index (χ2v) is 18.8. The SMILES string of the molecule is CCCCC/C=C\C/C=C\C/C=C\C/C=C\C/C=C\CCC(=O)OC[C@H](COC(=O)CCC/C=C\C/C=C\C/C=C\CCCCCCCC)OC(=O)CCCCC/C=C\C/C=C\C/C=C\C/C=C\CCCCC. The Hall–Kier alpha value is -4.71. The van der Waals surface area contributed by atoms with Gasteiger partial charge in [0, 0.05) is 19.3 Å². The van der Waals surface area contributed by atoms with Crippen molar-refractivity contribution in [3.8, 4) is 0 Å². The Kier molecular flexibility index (Phi) is 56.0. The maximum Gasteiger partial charge on any atom is 0.306 e. The van der Waals surface area contributed by atoms with Crippen molar-refractivity contribution >= 4 is 17.9 Å². The maximum atomic E-state index is 12.9. The number of unbranched alkanes of at least 4 members (excludes halogenated alkanes) is 16. The summed E-state index contributed by atoms with van der Waals surface area (Å²) in [5.74, 6) is -1.12. The van der Waals surface area contributed by atoms with E-state index in [9.17, 15) is 14.4 Å². The summed E-state index contributed by atoms with van der Waals surface area (Å²) in [6, 6.07) is 0. The normalized spacial score (nSPS) is 13.2. The second-order valence-electron chi connectivity index (χ2n) is 18.8. The third-order valence-corrected chi connectivity index (χ3v) is 11.8. The zero-order chi connectivity index (χ0) is 52.9. The third kappa shape index (κ3) is 58.1. The quantitative estimate of drug-likeness (QED) is 0.0261. The van der Waals surface area contributed by atoms with Gasteiger partial charge < -0.3 is 14.2 Å². The summed E-state index contributed by atoms with van der Waals surface area (Å²) < 4.78 is 16.7. The van der Waals surface area contributed by atoms with E-state index in [-0.39, 0.29) is 50.4 Å². The molecule has 6 nitrogen and oxygen atoms in total. The molecule has 0 aromatic carbocycles. The predicted octanol–water partition coefficient (Wildman–Crippen LogP) is 20.0. The van der Waals surface area contributed by atoms with Gasteiger partial charge in [0.25, 0.3) is 0 Å². The van der Waals surface area contributed by atoms with Crippen LogP contribution in [-0.4, -0.2) is 37.2 Å². The van der Waals surface area contributed by atoms with Crippen LogP contribution in [0.3, 0.4) is 0 Å². The van der Waals surface area contributed by atoms with Crippen molar-refractivity contribution < 1.29 is 28.6 Å². The van der Waals surface area contributed by atoms with Crippen LogP contribution < -0.4 is 0 Å². The van der Waals surface area contributed by atoms with Gasteiger partial charge in [0.05, 0.1) is 0 Å². The van der Waals surface area contributed by atoms with Crippen molar-refractivity contribution in [1.29, 1.82) is 0 Å². The number of hydrogen-bond donors (Lipinski definition) is 0. The van der Waals surface area contributed by atoms with E-state index < -0.39 is 6.10 Å². The molecular formula is C67H106O6. The molecule has 0 heterocycles. The first-order valence-corrected chi connectivity index (χ1v) is 29.3. The summed E-state index contributed by atoms with van der Waals surface area (Å²) in [6.45, 7) is 6.43. The van der Waals surface area contributed by atoms with Crippen LogP contribution in [0.4, 0.5) is 0 Å². The maximum absolute atomic E-state index is 12.9. The summed E-state index contributed by atoms with van der Waals surface area (Å²) in [5.41, 5.74) is 0. The van der Waals surface area contributed by atoms with E-state index in [1.165, 1.54) is 96.3 Å². The molecule has 1 atom stereocenters. The molecule has 0 saturated heterocycles. The highest BCUT2D eigenvalue weighted by molar-refractivity contribution is 5.71. The minimum atomic E-state index is -0.853. The molecule has 0 aromatic rings. The Balaban J connectivity index is 4.66. The van der Waals surface area contributed by atoms with E-state index in [1.807, 2.05) is 12.2 Å². The van der Waals surface area contributed by atoms with Gasteiger partial charge in [-0.1, -0.05) is 231 Å². The lowest BCUT2D eigenvalue weighted by atomic mass is 10.1. The third-order valence-electron chi connectivity index (χ3n) is 11.8. The zero-order valence-corrected chi connectivity index (χ0v) is 46.8. The Morgan fingerprint density at radius 1 is 0.274 bits per heavy atom. The van der Waals surface area contributed by atoms with Crippen molar-refractivity contribution in [3.63, 3.8) is 0 Å². The molecule has 73 heavy (non-hydrogen) atoms. The first-order valence-electron chi connectivity index (χ1n) is 29.3. The topological polar surface area (TPSA) is 78.9 Å². The van der Waals surface area contributed by atoms with E-state index >= 15 is 0 Å². The number of esters is 3. The van der Waals surface area contributed by atoms with Crippen LogP contribution >= 0.6 is 0 Å². The lowest BCUT2D eigenvalue weighted by Crippen LogP contribution is -2.30. The fraction of sp³-hybridized carbons (Fsp3) is 0.597. The van der Waals surface area contributed by atoms with Crippen molar-refractivity contribution in [3.05, 3.63) is 146 Å². The monoisotopic (exact) mass is 1010 g/mol. The molecule has 410 valence electrons. The highest BCUT2D eigenvalue weighted by atomic mass is 16.6. The van der Waals surface area contributed by atoms with E-state index in [0.29, 0.717) is 19.3 Å². The number of rotatable bonds is 51. The number of carbonyl (C=O) groups is 3. The van der Waals surface area contributed by atoms with E-state index in [1.54, 1.807) is 0 Å². The highest BCUT2D eigenvalue weighted by Gasteiger charge is 2.19. The summed E-state index contributed by atoms with van der Waals surface area (Å²) in [6.07, 6.45) is 85.7. The molecule has 0 bridgehead atoms. The van der Waals surface area contributed by atoms with Crippen molar-refractivity contribution in [2.45, 2.75) is 245 Å². The Labute approximate surface area is 448 Å². The van der Waals surface area contributed by atoms with Gasteiger partial charge in [-0.25, -0.2) is 0 Å². The number of hydrogen-bond acceptors (Lipinski definition) is 6. The molecule has 0 fully saturated rings. The summed E-state index contributed by atoms with van der Waals surface area (Å²) in [4.78, 5) is 38.1. The fourth-order valence-electron chi connectivity index (χ4n) is 7.36. The summed E-state index contributed by atoms with van der Waals surface area (Å²) >= 11 is 0. The fourth-order valence-corrected chi connectivity index (χ4v) is 7.36. The molecule has 0 amide bonds.